The number of amides is 1. The fourth-order valence-corrected chi connectivity index (χ4v) is 3.70. The zero-order chi connectivity index (χ0) is 17.9. The van der Waals surface area contributed by atoms with Gasteiger partial charge >= 0.3 is 0 Å². The summed E-state index contributed by atoms with van der Waals surface area (Å²) in [5, 5.41) is 7.35. The van der Waals surface area contributed by atoms with Gasteiger partial charge in [-0.05, 0) is 49.1 Å². The van der Waals surface area contributed by atoms with E-state index in [4.69, 9.17) is 0 Å². The maximum absolute atomic E-state index is 12.8. The molecule has 6 nitrogen and oxygen atoms in total. The summed E-state index contributed by atoms with van der Waals surface area (Å²) in [5.41, 5.74) is 4.29. The maximum Gasteiger partial charge on any atom is 0.253 e. The van der Waals surface area contributed by atoms with E-state index < -0.39 is 0 Å². The third kappa shape index (κ3) is 3.14. The number of rotatable bonds is 4. The highest BCUT2D eigenvalue weighted by molar-refractivity contribution is 5.94. The Kier molecular flexibility index (Phi) is 4.56. The van der Waals surface area contributed by atoms with E-state index >= 15 is 0 Å². The second kappa shape index (κ2) is 7.15. The van der Waals surface area contributed by atoms with Gasteiger partial charge in [0.2, 0.25) is 0 Å². The number of nitrogens with zero attached hydrogens (tertiary/aromatic N) is 4. The van der Waals surface area contributed by atoms with Crippen molar-refractivity contribution in [3.05, 3.63) is 66.0 Å². The standard InChI is InChI=1S/C20H23N5O/c1-2-15-13-22-23-19(15)16-7-10-24(11-8-16)20(26)17-3-5-18(6-4-17)25-12-9-21-14-25/h3-6,9,12-14,16H,2,7-8,10-11H2,1H3,(H,22,23). The van der Waals surface area contributed by atoms with Crippen LogP contribution >= 0.6 is 0 Å². The lowest BCUT2D eigenvalue weighted by atomic mass is 9.90. The number of carbonyl (C=O) groups is 1. The van der Waals surface area contributed by atoms with Gasteiger partial charge in [-0.15, -0.1) is 0 Å². The van der Waals surface area contributed by atoms with Crippen molar-refractivity contribution in [1.29, 1.82) is 0 Å². The van der Waals surface area contributed by atoms with Crippen LogP contribution in [0, 0.1) is 0 Å². The molecule has 1 N–H and O–H groups in total. The van der Waals surface area contributed by atoms with Crippen LogP contribution in [0.5, 0.6) is 0 Å². The van der Waals surface area contributed by atoms with Crippen molar-refractivity contribution in [3.63, 3.8) is 0 Å². The first kappa shape index (κ1) is 16.6. The molecule has 1 saturated heterocycles. The van der Waals surface area contributed by atoms with E-state index in [1.807, 2.05) is 46.1 Å². The van der Waals surface area contributed by atoms with Crippen LogP contribution in [-0.4, -0.2) is 43.6 Å². The van der Waals surface area contributed by atoms with Crippen LogP contribution in [0.4, 0.5) is 0 Å². The van der Waals surface area contributed by atoms with E-state index in [0.717, 1.165) is 43.6 Å². The second-order valence-electron chi connectivity index (χ2n) is 6.75. The number of H-pyrrole nitrogens is 1. The van der Waals surface area contributed by atoms with Gasteiger partial charge < -0.3 is 9.47 Å². The summed E-state index contributed by atoms with van der Waals surface area (Å²) in [7, 11) is 0. The van der Waals surface area contributed by atoms with Crippen molar-refractivity contribution in [2.75, 3.05) is 13.1 Å². The first-order chi connectivity index (χ1) is 12.8. The lowest BCUT2D eigenvalue weighted by molar-refractivity contribution is 0.0712. The van der Waals surface area contributed by atoms with Gasteiger partial charge in [0.25, 0.3) is 5.91 Å². The van der Waals surface area contributed by atoms with Crippen LogP contribution in [0.15, 0.2) is 49.2 Å². The Bertz CT molecular complexity index is 858. The molecule has 1 amide bonds. The van der Waals surface area contributed by atoms with Crippen molar-refractivity contribution < 1.29 is 4.79 Å². The molecule has 0 unspecified atom stereocenters. The van der Waals surface area contributed by atoms with Gasteiger partial charge in [0.1, 0.15) is 0 Å². The summed E-state index contributed by atoms with van der Waals surface area (Å²) in [5.74, 6) is 0.584. The summed E-state index contributed by atoms with van der Waals surface area (Å²) < 4.78 is 1.93. The number of aromatic nitrogens is 4. The molecule has 26 heavy (non-hydrogen) atoms. The monoisotopic (exact) mass is 349 g/mol. The third-order valence-electron chi connectivity index (χ3n) is 5.24. The average Bonchev–Trinajstić information content (AvgIpc) is 3.39. The molecular weight excluding hydrogens is 326 g/mol. The maximum atomic E-state index is 12.8. The van der Waals surface area contributed by atoms with Crippen molar-refractivity contribution >= 4 is 5.91 Å². The van der Waals surface area contributed by atoms with Gasteiger partial charge in [0, 0.05) is 48.3 Å². The highest BCUT2D eigenvalue weighted by atomic mass is 16.2. The van der Waals surface area contributed by atoms with Gasteiger partial charge in [-0.1, -0.05) is 6.92 Å². The van der Waals surface area contributed by atoms with Crippen LogP contribution < -0.4 is 0 Å². The van der Waals surface area contributed by atoms with Crippen LogP contribution in [0.2, 0.25) is 0 Å². The highest BCUT2D eigenvalue weighted by Crippen LogP contribution is 2.29. The quantitative estimate of drug-likeness (QED) is 0.787. The van der Waals surface area contributed by atoms with Gasteiger partial charge in [-0.2, -0.15) is 5.10 Å². The Morgan fingerprint density at radius 1 is 1.23 bits per heavy atom. The average molecular weight is 349 g/mol. The molecule has 134 valence electrons. The van der Waals surface area contributed by atoms with E-state index in [1.165, 1.54) is 11.3 Å². The summed E-state index contributed by atoms with van der Waals surface area (Å²) in [6.45, 7) is 3.73. The van der Waals surface area contributed by atoms with E-state index in [1.54, 1.807) is 12.5 Å². The predicted molar refractivity (Wildman–Crippen MR) is 99.4 cm³/mol. The fourth-order valence-electron chi connectivity index (χ4n) is 3.70. The molecule has 0 radical (unpaired) electrons. The molecule has 1 aromatic carbocycles. The molecule has 0 spiro atoms. The van der Waals surface area contributed by atoms with Gasteiger partial charge in [0.05, 0.1) is 12.5 Å². The molecule has 1 fully saturated rings. The number of aromatic amines is 1. The molecule has 0 saturated carbocycles. The first-order valence-corrected chi connectivity index (χ1v) is 9.16. The van der Waals surface area contributed by atoms with Crippen LogP contribution in [-0.2, 0) is 6.42 Å². The van der Waals surface area contributed by atoms with E-state index in [-0.39, 0.29) is 5.91 Å². The number of benzene rings is 1. The topological polar surface area (TPSA) is 66.8 Å². The molecule has 3 heterocycles. The minimum Gasteiger partial charge on any atom is -0.339 e. The molecule has 6 heteroatoms. The smallest absolute Gasteiger partial charge is 0.253 e. The van der Waals surface area contributed by atoms with Gasteiger partial charge in [-0.3, -0.25) is 9.89 Å². The third-order valence-corrected chi connectivity index (χ3v) is 5.24. The lowest BCUT2D eigenvalue weighted by Gasteiger charge is -2.32. The summed E-state index contributed by atoms with van der Waals surface area (Å²) >= 11 is 0. The zero-order valence-electron chi connectivity index (χ0n) is 14.9. The molecule has 1 aliphatic heterocycles. The first-order valence-electron chi connectivity index (χ1n) is 9.16. The number of hydrogen-bond donors (Lipinski definition) is 1. The van der Waals surface area contributed by atoms with Crippen molar-refractivity contribution in [3.8, 4) is 5.69 Å². The molecule has 0 aliphatic carbocycles. The molecule has 0 atom stereocenters. The highest BCUT2D eigenvalue weighted by Gasteiger charge is 2.26. The molecular formula is C20H23N5O. The molecule has 2 aromatic heterocycles. The SMILES string of the molecule is CCc1cn[nH]c1C1CCN(C(=O)c2ccc(-n3ccnc3)cc2)CC1. The minimum absolute atomic E-state index is 0.112. The van der Waals surface area contributed by atoms with Crippen molar-refractivity contribution in [2.45, 2.75) is 32.1 Å². The number of aryl methyl sites for hydroxylation is 1. The Balaban J connectivity index is 1.40. The van der Waals surface area contributed by atoms with Crippen LogP contribution in [0.25, 0.3) is 5.69 Å². The number of imidazole rings is 1. The minimum atomic E-state index is 0.112. The summed E-state index contributed by atoms with van der Waals surface area (Å²) in [6, 6.07) is 7.71. The lowest BCUT2D eigenvalue weighted by Crippen LogP contribution is -2.38. The van der Waals surface area contributed by atoms with E-state index in [2.05, 4.69) is 22.1 Å². The normalized spacial score (nSPS) is 15.3. The number of carbonyl (C=O) groups excluding carboxylic acids is 1. The van der Waals surface area contributed by atoms with Crippen LogP contribution in [0.3, 0.4) is 0 Å². The molecule has 3 aromatic rings. The Hall–Kier alpha value is -2.89. The van der Waals surface area contributed by atoms with Crippen molar-refractivity contribution in [1.82, 2.24) is 24.6 Å². The summed E-state index contributed by atoms with van der Waals surface area (Å²) in [6.07, 6.45) is 10.3. The molecule has 0 bridgehead atoms. The van der Waals surface area contributed by atoms with Gasteiger partial charge in [0.15, 0.2) is 0 Å². The van der Waals surface area contributed by atoms with Crippen molar-refractivity contribution in [2.24, 2.45) is 0 Å². The second-order valence-corrected chi connectivity index (χ2v) is 6.75. The van der Waals surface area contributed by atoms with Gasteiger partial charge in [-0.25, -0.2) is 4.98 Å². The molecule has 4 rings (SSSR count). The fraction of sp³-hybridized carbons (Fsp3) is 0.350. The number of hydrogen-bond acceptors (Lipinski definition) is 3. The van der Waals surface area contributed by atoms with Crippen LogP contribution in [0.1, 0.15) is 47.3 Å². The Morgan fingerprint density at radius 2 is 2.00 bits per heavy atom. The Morgan fingerprint density at radius 3 is 2.65 bits per heavy atom. The number of piperidine rings is 1. The molecule has 1 aliphatic rings. The number of likely N-dealkylation sites (tertiary alicyclic amines) is 1. The number of nitrogens with one attached hydrogen (secondary N) is 1. The Labute approximate surface area is 152 Å². The van der Waals surface area contributed by atoms with E-state index in [9.17, 15) is 4.79 Å². The van der Waals surface area contributed by atoms with E-state index in [0.29, 0.717) is 5.92 Å². The summed E-state index contributed by atoms with van der Waals surface area (Å²) in [4.78, 5) is 18.8. The largest absolute Gasteiger partial charge is 0.339 e. The zero-order valence-corrected chi connectivity index (χ0v) is 14.9. The predicted octanol–water partition coefficient (Wildman–Crippen LogP) is 3.18.